The number of amides is 7. The highest BCUT2D eigenvalue weighted by Crippen LogP contribution is 2.40. The Morgan fingerprint density at radius 2 is 1.97 bits per heavy atom. The Morgan fingerprint density at radius 1 is 1.26 bits per heavy atom. The van der Waals surface area contributed by atoms with Crippen LogP contribution in [-0.2, 0) is 29.1 Å². The van der Waals surface area contributed by atoms with Gasteiger partial charge in [0.05, 0.1) is 19.3 Å². The standard InChI is InChI=1S/C20H22N6O10S3/c1-39(34,35)25-5-4-24(20(25)33)19(32)23-11(10-3-2-6-37-10)14(27)22-12-15(28)26-13(17(29)30)9(7-36-18(21)31)8-38-16(12)26/h2-3,6,11-12,16H,4-5,7-8H2,1H3,(H2,21,31)(H,22,27)(H,23,32)(H,29,30)/t11?,12?,16-/m0/s1. The lowest BCUT2D eigenvalue weighted by molar-refractivity contribution is -0.151. The van der Waals surface area contributed by atoms with Crippen molar-refractivity contribution < 1.29 is 47.0 Å². The van der Waals surface area contributed by atoms with Gasteiger partial charge in [0, 0.05) is 16.2 Å². The number of nitrogens with zero attached hydrogens (tertiary/aromatic N) is 3. The smallest absolute Gasteiger partial charge is 0.404 e. The van der Waals surface area contributed by atoms with Crippen LogP contribution in [0.15, 0.2) is 28.8 Å². The molecule has 0 aromatic carbocycles. The van der Waals surface area contributed by atoms with Crippen molar-refractivity contribution in [2.24, 2.45) is 5.73 Å². The highest BCUT2D eigenvalue weighted by molar-refractivity contribution is 8.00. The maximum atomic E-state index is 13.3. The molecule has 2 unspecified atom stereocenters. The Labute approximate surface area is 229 Å². The van der Waals surface area contributed by atoms with Gasteiger partial charge < -0.3 is 26.2 Å². The number of aliphatic carboxylic acids is 1. The van der Waals surface area contributed by atoms with E-state index in [0.717, 1.165) is 34.3 Å². The van der Waals surface area contributed by atoms with Gasteiger partial charge in [-0.3, -0.25) is 14.5 Å². The van der Waals surface area contributed by atoms with Gasteiger partial charge >= 0.3 is 24.1 Å². The van der Waals surface area contributed by atoms with E-state index in [9.17, 15) is 42.3 Å². The van der Waals surface area contributed by atoms with Crippen LogP contribution in [0.5, 0.6) is 0 Å². The summed E-state index contributed by atoms with van der Waals surface area (Å²) in [5.41, 5.74) is 4.72. The van der Waals surface area contributed by atoms with Crippen molar-refractivity contribution in [1.29, 1.82) is 0 Å². The maximum Gasteiger partial charge on any atom is 0.404 e. The lowest BCUT2D eigenvalue weighted by atomic mass is 10.0. The van der Waals surface area contributed by atoms with Gasteiger partial charge in [0.1, 0.15) is 29.8 Å². The summed E-state index contributed by atoms with van der Waals surface area (Å²) in [5, 5.41) is 15.4. The Morgan fingerprint density at radius 3 is 2.54 bits per heavy atom. The number of β-lactam (4-membered cyclic amide) rings is 1. The zero-order chi connectivity index (χ0) is 28.6. The number of rotatable bonds is 8. The SMILES string of the molecule is CS(=O)(=O)N1CCN(C(=O)NC(C(=O)NC2C(=O)N3C(C(=O)O)=C(COC(N)=O)CS[C@@H]23)c2cccs2)C1=O. The number of thiophene rings is 1. The molecular weight excluding hydrogens is 580 g/mol. The van der Waals surface area contributed by atoms with Crippen LogP contribution in [0.4, 0.5) is 14.4 Å². The fourth-order valence-corrected chi connectivity index (χ4v) is 7.02. The van der Waals surface area contributed by atoms with Crippen LogP contribution in [0.2, 0.25) is 0 Å². The van der Waals surface area contributed by atoms with E-state index >= 15 is 0 Å². The first-order valence-corrected chi connectivity index (χ1v) is 14.8. The number of nitrogens with two attached hydrogens (primary N) is 1. The lowest BCUT2D eigenvalue weighted by Gasteiger charge is -2.49. The van der Waals surface area contributed by atoms with Gasteiger partial charge in [0.15, 0.2) is 0 Å². The molecule has 3 aliphatic rings. The second-order valence-corrected chi connectivity index (χ2v) is 12.4. The highest BCUT2D eigenvalue weighted by Gasteiger charge is 2.54. The molecule has 16 nitrogen and oxygen atoms in total. The van der Waals surface area contributed by atoms with Crippen LogP contribution in [0.25, 0.3) is 0 Å². The zero-order valence-electron chi connectivity index (χ0n) is 20.1. The number of fused-ring (bicyclic) bond motifs is 1. The number of thioether (sulfide) groups is 1. The Hall–Kier alpha value is -3.84. The van der Waals surface area contributed by atoms with Gasteiger partial charge in [-0.1, -0.05) is 6.07 Å². The lowest BCUT2D eigenvalue weighted by Crippen LogP contribution is -2.71. The summed E-state index contributed by atoms with van der Waals surface area (Å²) in [6.07, 6.45) is -0.282. The Bertz CT molecular complexity index is 1380. The minimum atomic E-state index is -3.89. The molecule has 0 radical (unpaired) electrons. The minimum Gasteiger partial charge on any atom is -0.477 e. The molecule has 2 saturated heterocycles. The predicted molar refractivity (Wildman–Crippen MR) is 134 cm³/mol. The normalized spacial score (nSPS) is 21.7. The van der Waals surface area contributed by atoms with Crippen LogP contribution in [0.1, 0.15) is 10.9 Å². The molecule has 3 atom stereocenters. The molecular formula is C20H22N6O10S3. The number of primary amides is 1. The molecule has 3 aliphatic heterocycles. The predicted octanol–water partition coefficient (Wildman–Crippen LogP) is -0.970. The van der Waals surface area contributed by atoms with E-state index in [-0.39, 0.29) is 30.1 Å². The fourth-order valence-electron chi connectivity index (χ4n) is 4.12. The van der Waals surface area contributed by atoms with Crippen molar-refractivity contribution in [1.82, 2.24) is 24.7 Å². The monoisotopic (exact) mass is 602 g/mol. The Kier molecular flexibility index (Phi) is 7.75. The molecule has 210 valence electrons. The van der Waals surface area contributed by atoms with Crippen LogP contribution in [0.3, 0.4) is 0 Å². The number of carboxylic acids is 1. The number of carbonyl (C=O) groups excluding carboxylic acids is 5. The third-order valence-electron chi connectivity index (χ3n) is 5.91. The molecule has 0 aliphatic carbocycles. The van der Waals surface area contributed by atoms with Gasteiger partial charge in [0.2, 0.25) is 15.9 Å². The average molecular weight is 603 g/mol. The number of imide groups is 1. The first-order valence-electron chi connectivity index (χ1n) is 11.1. The Balaban J connectivity index is 1.48. The summed E-state index contributed by atoms with van der Waals surface area (Å²) in [7, 11) is -3.89. The molecule has 0 spiro atoms. The quantitative estimate of drug-likeness (QED) is 0.265. The van der Waals surface area contributed by atoms with E-state index in [0.29, 0.717) is 14.1 Å². The van der Waals surface area contributed by atoms with Gasteiger partial charge in [-0.25, -0.2) is 36.8 Å². The molecule has 0 saturated carbocycles. The van der Waals surface area contributed by atoms with Crippen molar-refractivity contribution in [3.63, 3.8) is 0 Å². The minimum absolute atomic E-state index is 0.0781. The van der Waals surface area contributed by atoms with E-state index in [1.54, 1.807) is 17.5 Å². The molecule has 4 heterocycles. The van der Waals surface area contributed by atoms with Crippen molar-refractivity contribution >= 4 is 69.1 Å². The van der Waals surface area contributed by atoms with Crippen LogP contribution in [0, 0.1) is 0 Å². The molecule has 7 amide bonds. The second kappa shape index (κ2) is 10.7. The summed E-state index contributed by atoms with van der Waals surface area (Å²) in [5.74, 6) is -2.89. The number of hydrogen-bond acceptors (Lipinski definition) is 11. The highest BCUT2D eigenvalue weighted by atomic mass is 32.2. The molecule has 2 fully saturated rings. The molecule has 0 bridgehead atoms. The van der Waals surface area contributed by atoms with Crippen LogP contribution < -0.4 is 16.4 Å². The molecule has 4 rings (SSSR count). The third kappa shape index (κ3) is 5.50. The number of nitrogens with one attached hydrogen (secondary N) is 2. The van der Waals surface area contributed by atoms with Gasteiger partial charge in [-0.2, -0.15) is 0 Å². The summed E-state index contributed by atoms with van der Waals surface area (Å²) >= 11 is 2.25. The summed E-state index contributed by atoms with van der Waals surface area (Å²) in [6, 6.07) is -1.39. The summed E-state index contributed by atoms with van der Waals surface area (Å²) in [6.45, 7) is -0.883. The third-order valence-corrected chi connectivity index (χ3v) is 9.33. The van der Waals surface area contributed by atoms with Crippen molar-refractivity contribution in [3.05, 3.63) is 33.7 Å². The first-order chi connectivity index (χ1) is 18.3. The average Bonchev–Trinajstić information content (AvgIpc) is 3.53. The van der Waals surface area contributed by atoms with Gasteiger partial charge in [0.25, 0.3) is 5.91 Å². The summed E-state index contributed by atoms with van der Waals surface area (Å²) in [4.78, 5) is 76.3. The van der Waals surface area contributed by atoms with Crippen molar-refractivity contribution in [3.8, 4) is 0 Å². The number of sulfonamides is 1. The number of ether oxygens (including phenoxy) is 1. The molecule has 5 N–H and O–H groups in total. The zero-order valence-corrected chi connectivity index (χ0v) is 22.5. The topological polar surface area (TPSA) is 226 Å². The second-order valence-electron chi connectivity index (χ2n) is 8.43. The number of urea groups is 2. The molecule has 19 heteroatoms. The van der Waals surface area contributed by atoms with Gasteiger partial charge in [-0.05, 0) is 11.4 Å². The molecule has 1 aromatic rings. The largest absolute Gasteiger partial charge is 0.477 e. The summed E-state index contributed by atoms with van der Waals surface area (Å²) < 4.78 is 28.7. The van der Waals surface area contributed by atoms with Gasteiger partial charge in [-0.15, -0.1) is 23.1 Å². The van der Waals surface area contributed by atoms with E-state index < -0.39 is 70.0 Å². The first kappa shape index (κ1) is 28.2. The maximum absolute atomic E-state index is 13.3. The molecule has 39 heavy (non-hydrogen) atoms. The van der Waals surface area contributed by atoms with Crippen molar-refractivity contribution in [2.45, 2.75) is 17.5 Å². The number of hydrogen-bond donors (Lipinski definition) is 4. The van der Waals surface area contributed by atoms with Crippen LogP contribution >= 0.6 is 23.1 Å². The van der Waals surface area contributed by atoms with Crippen molar-refractivity contribution in [2.75, 3.05) is 31.7 Å². The van der Waals surface area contributed by atoms with E-state index in [1.165, 1.54) is 0 Å². The van der Waals surface area contributed by atoms with E-state index in [1.807, 2.05) is 0 Å². The number of carboxylic acid groups (broad SMARTS) is 1. The number of carbonyl (C=O) groups is 6. The van der Waals surface area contributed by atoms with E-state index in [4.69, 9.17) is 5.73 Å². The van der Waals surface area contributed by atoms with E-state index in [2.05, 4.69) is 15.4 Å². The molecule has 1 aromatic heterocycles. The fraction of sp³-hybridized carbons (Fsp3) is 0.400. The van der Waals surface area contributed by atoms with Crippen LogP contribution in [-0.4, -0.2) is 107 Å².